The van der Waals surface area contributed by atoms with E-state index in [0.717, 1.165) is 34.5 Å². The van der Waals surface area contributed by atoms with Crippen molar-refractivity contribution in [3.63, 3.8) is 0 Å². The fourth-order valence-electron chi connectivity index (χ4n) is 4.51. The Hall–Kier alpha value is -6.06. The molecule has 0 radical (unpaired) electrons. The lowest BCUT2D eigenvalue weighted by molar-refractivity contribution is 0.112. The van der Waals surface area contributed by atoms with E-state index in [1.54, 1.807) is 55.5 Å². The summed E-state index contributed by atoms with van der Waals surface area (Å²) in [6.45, 7) is 7.41. The molecule has 4 aromatic carbocycles. The number of aryl methyl sites for hydroxylation is 4. The summed E-state index contributed by atoms with van der Waals surface area (Å²) < 4.78 is 34.4. The molecule has 0 aliphatic rings. The Morgan fingerprint density at radius 3 is 2.10 bits per heavy atom. The van der Waals surface area contributed by atoms with E-state index in [9.17, 15) is 22.9 Å². The number of azo groups is 1. The lowest BCUT2D eigenvalue weighted by Gasteiger charge is -2.14. The molecule has 5 aromatic rings. The molecule has 48 heavy (non-hydrogen) atoms. The molecule has 14 nitrogen and oxygen atoms in total. The molecule has 0 amide bonds. The van der Waals surface area contributed by atoms with Crippen molar-refractivity contribution in [3.8, 4) is 5.75 Å². The summed E-state index contributed by atoms with van der Waals surface area (Å²) in [7, 11) is -4.75. The predicted molar refractivity (Wildman–Crippen MR) is 183 cm³/mol. The smallest absolute Gasteiger partial charge is 0.294 e. The Labute approximate surface area is 276 Å². The molecule has 0 aliphatic heterocycles. The van der Waals surface area contributed by atoms with Gasteiger partial charge in [0.25, 0.3) is 10.1 Å². The van der Waals surface area contributed by atoms with E-state index in [4.69, 9.17) is 0 Å². The highest BCUT2D eigenvalue weighted by Crippen LogP contribution is 2.37. The molecule has 0 atom stereocenters. The van der Waals surface area contributed by atoms with Crippen LogP contribution in [-0.2, 0) is 10.1 Å². The number of benzene rings is 4. The molecule has 0 saturated carbocycles. The Morgan fingerprint density at radius 2 is 1.44 bits per heavy atom. The van der Waals surface area contributed by atoms with Crippen LogP contribution in [0.5, 0.6) is 5.75 Å². The largest absolute Gasteiger partial charge is 0.504 e. The zero-order chi connectivity index (χ0) is 34.4. The number of hydrogen-bond acceptors (Lipinski definition) is 12. The summed E-state index contributed by atoms with van der Waals surface area (Å²) in [6, 6.07) is 21.7. The first-order valence-corrected chi connectivity index (χ1v) is 15.9. The number of nitrogens with zero attached hydrogens (tertiary/aromatic N) is 6. The van der Waals surface area contributed by atoms with Crippen molar-refractivity contribution in [1.82, 2.24) is 15.0 Å². The van der Waals surface area contributed by atoms with Gasteiger partial charge < -0.3 is 15.7 Å². The van der Waals surface area contributed by atoms with Crippen LogP contribution in [0, 0.1) is 27.7 Å². The summed E-state index contributed by atoms with van der Waals surface area (Å²) >= 11 is 0. The van der Waals surface area contributed by atoms with Gasteiger partial charge in [0.05, 0.1) is 16.3 Å². The van der Waals surface area contributed by atoms with Crippen LogP contribution in [0.15, 0.2) is 99.1 Å². The predicted octanol–water partition coefficient (Wildman–Crippen LogP) is 6.91. The fourth-order valence-corrected chi connectivity index (χ4v) is 5.05. The van der Waals surface area contributed by atoms with E-state index in [2.05, 4.69) is 46.3 Å². The van der Waals surface area contributed by atoms with Gasteiger partial charge in [0.2, 0.25) is 17.7 Å². The molecule has 1 aromatic heterocycles. The first-order valence-electron chi connectivity index (χ1n) is 14.4. The third kappa shape index (κ3) is 8.20. The first-order chi connectivity index (χ1) is 22.9. The molecule has 0 unspecified atom stereocenters. The van der Waals surface area contributed by atoms with Crippen LogP contribution in [0.2, 0.25) is 0 Å². The Kier molecular flexibility index (Phi) is 9.82. The first kappa shape index (κ1) is 33.3. The molecule has 15 heteroatoms. The number of aromatic hydroxyl groups is 1. The Balaban J connectivity index is 1.51. The number of aromatic nitrogens is 3. The van der Waals surface area contributed by atoms with Gasteiger partial charge in [0.1, 0.15) is 11.5 Å². The van der Waals surface area contributed by atoms with Gasteiger partial charge in [-0.15, -0.1) is 10.2 Å². The monoisotopic (exact) mass is 665 g/mol. The highest BCUT2D eigenvalue weighted by Gasteiger charge is 2.19. The maximum absolute atomic E-state index is 12.2. The number of carbonyl (C=O) groups excluding carboxylic acids is 1. The van der Waals surface area contributed by atoms with Gasteiger partial charge in [-0.05, 0) is 69.2 Å². The van der Waals surface area contributed by atoms with Gasteiger partial charge >= 0.3 is 0 Å². The number of nitrogens with one attached hydrogen (secondary N) is 3. The van der Waals surface area contributed by atoms with Crippen LogP contribution in [0.25, 0.3) is 0 Å². The fraction of sp³-hybridized carbons (Fsp3) is 0.121. The van der Waals surface area contributed by atoms with Gasteiger partial charge in [-0.1, -0.05) is 54.1 Å². The number of carbonyl (C=O) groups is 1. The van der Waals surface area contributed by atoms with Gasteiger partial charge in [0.15, 0.2) is 12.0 Å². The minimum absolute atomic E-state index is 0.0186. The number of amidine groups is 1. The van der Waals surface area contributed by atoms with E-state index in [1.165, 1.54) is 0 Å². The number of aldehydes is 1. The lowest BCUT2D eigenvalue weighted by Crippen LogP contribution is -2.08. The summed E-state index contributed by atoms with van der Waals surface area (Å²) in [5, 5.41) is 29.9. The highest BCUT2D eigenvalue weighted by atomic mass is 32.2. The number of phenolic OH excluding ortho intramolecular Hbond substituents is 1. The van der Waals surface area contributed by atoms with Crippen molar-refractivity contribution in [3.05, 3.63) is 113 Å². The third-order valence-corrected chi connectivity index (χ3v) is 7.71. The average molecular weight is 666 g/mol. The molecule has 5 N–H and O–H groups in total. The van der Waals surface area contributed by atoms with Crippen LogP contribution in [0.1, 0.15) is 38.4 Å². The number of phenols is 1. The summed E-state index contributed by atoms with van der Waals surface area (Å²) in [4.78, 5) is 24.0. The zero-order valence-corrected chi connectivity index (χ0v) is 27.1. The molecule has 244 valence electrons. The topological polar surface area (TPSA) is 204 Å². The summed E-state index contributed by atoms with van der Waals surface area (Å²) in [5.74, 6) is 0.0801. The molecule has 5 rings (SSSR count). The van der Waals surface area contributed by atoms with Gasteiger partial charge in [-0.25, -0.2) is 0 Å². The van der Waals surface area contributed by atoms with Crippen LogP contribution in [-0.4, -0.2) is 45.2 Å². The van der Waals surface area contributed by atoms with Crippen LogP contribution in [0.3, 0.4) is 0 Å². The van der Waals surface area contributed by atoms with Gasteiger partial charge in [0, 0.05) is 16.8 Å². The number of hydrogen-bond donors (Lipinski definition) is 5. The molecule has 0 spiro atoms. The van der Waals surface area contributed by atoms with Crippen LogP contribution >= 0.6 is 0 Å². The molecule has 0 bridgehead atoms. The van der Waals surface area contributed by atoms with Crippen LogP contribution in [0.4, 0.5) is 34.6 Å². The standard InChI is InChI=1S/C33H31N9O5S/c1-19-11-13-26(21(3)14-19)36-32-34-22(4)35-33(38-32)37-28-16-25(48(45,46)47)17-29(30(28)44)40-42-31(23-8-6-5-7-9-23)41-39-27-15-20(2)10-12-24(27)18-43/h5-18,40,44H,1-4H3,(H,45,46,47)(H2,34,35,36,37,38). The van der Waals surface area contributed by atoms with Crippen molar-refractivity contribution >= 4 is 56.9 Å². The lowest BCUT2D eigenvalue weighted by atomic mass is 10.1. The van der Waals surface area contributed by atoms with E-state index >= 15 is 0 Å². The molecule has 0 saturated heterocycles. The van der Waals surface area contributed by atoms with Gasteiger partial charge in [-0.3, -0.25) is 14.8 Å². The van der Waals surface area contributed by atoms with Crippen molar-refractivity contribution in [1.29, 1.82) is 0 Å². The quantitative estimate of drug-likeness (QED) is 0.0197. The third-order valence-electron chi connectivity index (χ3n) is 6.88. The maximum atomic E-state index is 12.2. The van der Waals surface area contributed by atoms with Crippen molar-refractivity contribution in [2.45, 2.75) is 32.6 Å². The Morgan fingerprint density at radius 1 is 0.792 bits per heavy atom. The van der Waals surface area contributed by atoms with E-state index < -0.39 is 20.8 Å². The summed E-state index contributed by atoms with van der Waals surface area (Å²) in [6.07, 6.45) is 0.662. The summed E-state index contributed by atoms with van der Waals surface area (Å²) in [5.41, 5.74) is 7.10. The van der Waals surface area contributed by atoms with Crippen molar-refractivity contribution in [2.75, 3.05) is 16.1 Å². The van der Waals surface area contributed by atoms with E-state index in [-0.39, 0.29) is 29.1 Å². The molecule has 0 fully saturated rings. The minimum atomic E-state index is -4.75. The molecule has 1 heterocycles. The SMILES string of the molecule is Cc1ccc(Nc2nc(C)nc(Nc3cc(S(=O)(=O)O)cc(NN=C(N=Nc4cc(C)ccc4C=O)c4ccccc4)c3O)n2)c(C)c1. The highest BCUT2D eigenvalue weighted by molar-refractivity contribution is 7.85. The van der Waals surface area contributed by atoms with Gasteiger partial charge in [-0.2, -0.15) is 28.5 Å². The second-order valence-electron chi connectivity index (χ2n) is 10.7. The number of rotatable bonds is 10. The minimum Gasteiger partial charge on any atom is -0.504 e. The van der Waals surface area contributed by atoms with Crippen molar-refractivity contribution < 1.29 is 22.9 Å². The number of hydrazone groups is 1. The molecular formula is C33H31N9O5S. The Bertz CT molecular complexity index is 2170. The zero-order valence-electron chi connectivity index (χ0n) is 26.3. The second-order valence-corrected chi connectivity index (χ2v) is 12.2. The second kappa shape index (κ2) is 14.1. The van der Waals surface area contributed by atoms with Crippen LogP contribution < -0.4 is 16.1 Å². The molecular weight excluding hydrogens is 634 g/mol. The molecule has 0 aliphatic carbocycles. The maximum Gasteiger partial charge on any atom is 0.294 e. The number of anilines is 5. The average Bonchev–Trinajstić information content (AvgIpc) is 3.03. The van der Waals surface area contributed by atoms with Crippen molar-refractivity contribution in [2.24, 2.45) is 15.3 Å². The van der Waals surface area contributed by atoms with E-state index in [0.29, 0.717) is 28.9 Å². The van der Waals surface area contributed by atoms with E-state index in [1.807, 2.05) is 39.0 Å². The normalized spacial score (nSPS) is 11.8.